The lowest BCUT2D eigenvalue weighted by Crippen LogP contribution is -2.29. The topological polar surface area (TPSA) is 46.2 Å². The third-order valence-corrected chi connectivity index (χ3v) is 5.35. The fourth-order valence-electron chi connectivity index (χ4n) is 1.85. The molecule has 3 nitrogen and oxygen atoms in total. The van der Waals surface area contributed by atoms with Crippen LogP contribution < -0.4 is 4.72 Å². The highest BCUT2D eigenvalue weighted by molar-refractivity contribution is 14.1. The number of hydrogen-bond acceptors (Lipinski definition) is 2. The van der Waals surface area contributed by atoms with Crippen molar-refractivity contribution in [2.75, 3.05) is 4.43 Å². The molecule has 20 heavy (non-hydrogen) atoms. The Morgan fingerprint density at radius 2 is 1.65 bits per heavy atom. The second-order valence-corrected chi connectivity index (χ2v) is 7.15. The molecule has 0 aliphatic carbocycles. The van der Waals surface area contributed by atoms with Crippen LogP contribution in [0.25, 0.3) is 0 Å². The standard InChI is InChI=1S/C15H16INO2S/c1-12-7-9-14(10-8-12)20(18,19)17-15(11-16)13-5-3-2-4-6-13/h2-10,15,17H,11H2,1H3/t15-/m1/s1. The molecule has 0 aromatic heterocycles. The van der Waals surface area contributed by atoms with Gasteiger partial charge in [0, 0.05) is 4.43 Å². The van der Waals surface area contributed by atoms with Crippen LogP contribution in [0.4, 0.5) is 0 Å². The van der Waals surface area contributed by atoms with Gasteiger partial charge in [0.05, 0.1) is 10.9 Å². The minimum absolute atomic E-state index is 0.219. The number of halogens is 1. The third-order valence-electron chi connectivity index (χ3n) is 2.98. The molecule has 1 atom stereocenters. The molecule has 0 fully saturated rings. The normalized spacial score (nSPS) is 13.1. The second kappa shape index (κ2) is 6.69. The Bertz CT molecular complexity index is 654. The molecule has 106 valence electrons. The zero-order valence-corrected chi connectivity index (χ0v) is 14.1. The molecule has 0 radical (unpaired) electrons. The van der Waals surface area contributed by atoms with Crippen molar-refractivity contribution in [2.45, 2.75) is 17.9 Å². The van der Waals surface area contributed by atoms with Crippen molar-refractivity contribution >= 4 is 32.6 Å². The summed E-state index contributed by atoms with van der Waals surface area (Å²) in [6.07, 6.45) is 0. The van der Waals surface area contributed by atoms with Crippen molar-refractivity contribution < 1.29 is 8.42 Å². The number of sulfonamides is 1. The predicted octanol–water partition coefficient (Wildman–Crippen LogP) is 3.45. The molecular formula is C15H16INO2S. The Morgan fingerprint density at radius 3 is 2.20 bits per heavy atom. The SMILES string of the molecule is Cc1ccc(S(=O)(=O)N[C@H](CI)c2ccccc2)cc1. The van der Waals surface area contributed by atoms with Gasteiger partial charge < -0.3 is 0 Å². The van der Waals surface area contributed by atoms with Gasteiger partial charge in [-0.25, -0.2) is 13.1 Å². The molecule has 0 aliphatic rings. The summed E-state index contributed by atoms with van der Waals surface area (Å²) in [6, 6.07) is 16.3. The van der Waals surface area contributed by atoms with Crippen LogP contribution in [-0.4, -0.2) is 12.8 Å². The molecule has 2 aromatic rings. The quantitative estimate of drug-likeness (QED) is 0.616. The van der Waals surface area contributed by atoms with Crippen LogP contribution in [-0.2, 0) is 10.0 Å². The first-order valence-corrected chi connectivity index (χ1v) is 9.24. The fraction of sp³-hybridized carbons (Fsp3) is 0.200. The van der Waals surface area contributed by atoms with E-state index in [1.165, 1.54) is 0 Å². The summed E-state index contributed by atoms with van der Waals surface area (Å²) >= 11 is 2.19. The van der Waals surface area contributed by atoms with Crippen LogP contribution in [0.5, 0.6) is 0 Å². The number of hydrogen-bond donors (Lipinski definition) is 1. The van der Waals surface area contributed by atoms with Gasteiger partial charge in [-0.2, -0.15) is 0 Å². The lowest BCUT2D eigenvalue weighted by Gasteiger charge is -2.17. The average Bonchev–Trinajstić information content (AvgIpc) is 2.46. The van der Waals surface area contributed by atoms with Gasteiger partial charge in [-0.15, -0.1) is 0 Å². The van der Waals surface area contributed by atoms with E-state index in [2.05, 4.69) is 27.3 Å². The molecule has 0 saturated carbocycles. The van der Waals surface area contributed by atoms with Gasteiger partial charge in [0.2, 0.25) is 10.0 Å². The first-order chi connectivity index (χ1) is 9.53. The van der Waals surface area contributed by atoms with E-state index in [4.69, 9.17) is 0 Å². The highest BCUT2D eigenvalue weighted by Crippen LogP contribution is 2.19. The first-order valence-electron chi connectivity index (χ1n) is 6.23. The van der Waals surface area contributed by atoms with Crippen molar-refractivity contribution in [2.24, 2.45) is 0 Å². The highest BCUT2D eigenvalue weighted by Gasteiger charge is 2.20. The fourth-order valence-corrected chi connectivity index (χ4v) is 4.10. The van der Waals surface area contributed by atoms with Gasteiger partial charge in [-0.05, 0) is 24.6 Å². The van der Waals surface area contributed by atoms with E-state index in [0.717, 1.165) is 11.1 Å². The molecule has 0 unspecified atom stereocenters. The second-order valence-electron chi connectivity index (χ2n) is 4.55. The summed E-state index contributed by atoms with van der Waals surface area (Å²) in [6.45, 7) is 1.93. The minimum atomic E-state index is -3.49. The number of rotatable bonds is 5. The zero-order valence-electron chi connectivity index (χ0n) is 11.1. The van der Waals surface area contributed by atoms with Gasteiger partial charge in [0.1, 0.15) is 0 Å². The number of aryl methyl sites for hydroxylation is 1. The molecule has 1 N–H and O–H groups in total. The Balaban J connectivity index is 2.24. The monoisotopic (exact) mass is 401 g/mol. The van der Waals surface area contributed by atoms with E-state index >= 15 is 0 Å². The molecule has 2 rings (SSSR count). The highest BCUT2D eigenvalue weighted by atomic mass is 127. The van der Waals surface area contributed by atoms with Crippen molar-refractivity contribution in [1.82, 2.24) is 4.72 Å². The number of benzene rings is 2. The van der Waals surface area contributed by atoms with Gasteiger partial charge in [0.25, 0.3) is 0 Å². The molecule has 0 bridgehead atoms. The van der Waals surface area contributed by atoms with Crippen molar-refractivity contribution in [3.63, 3.8) is 0 Å². The van der Waals surface area contributed by atoms with Gasteiger partial charge in [-0.1, -0.05) is 70.6 Å². The molecule has 0 amide bonds. The van der Waals surface area contributed by atoms with E-state index in [1.807, 2.05) is 37.3 Å². The van der Waals surface area contributed by atoms with Crippen LogP contribution in [0.1, 0.15) is 17.2 Å². The smallest absolute Gasteiger partial charge is 0.207 e. The Kier molecular flexibility index (Phi) is 5.17. The molecule has 2 aromatic carbocycles. The number of alkyl halides is 1. The van der Waals surface area contributed by atoms with E-state index in [1.54, 1.807) is 24.3 Å². The number of nitrogens with one attached hydrogen (secondary N) is 1. The van der Waals surface area contributed by atoms with E-state index in [-0.39, 0.29) is 6.04 Å². The average molecular weight is 401 g/mol. The molecule has 0 saturated heterocycles. The maximum atomic E-state index is 12.4. The maximum Gasteiger partial charge on any atom is 0.241 e. The van der Waals surface area contributed by atoms with Crippen molar-refractivity contribution in [3.8, 4) is 0 Å². The molecule has 0 aliphatic heterocycles. The van der Waals surface area contributed by atoms with Gasteiger partial charge in [0.15, 0.2) is 0 Å². The van der Waals surface area contributed by atoms with E-state index in [9.17, 15) is 8.42 Å². The molecule has 0 heterocycles. The van der Waals surface area contributed by atoms with Crippen LogP contribution in [0.3, 0.4) is 0 Å². The lowest BCUT2D eigenvalue weighted by atomic mass is 10.1. The maximum absolute atomic E-state index is 12.4. The zero-order chi connectivity index (χ0) is 14.6. The summed E-state index contributed by atoms with van der Waals surface area (Å²) in [4.78, 5) is 0.300. The third kappa shape index (κ3) is 3.80. The van der Waals surface area contributed by atoms with Crippen LogP contribution in [0.2, 0.25) is 0 Å². The Morgan fingerprint density at radius 1 is 1.05 bits per heavy atom. The van der Waals surface area contributed by atoms with E-state index < -0.39 is 10.0 Å². The summed E-state index contributed by atoms with van der Waals surface area (Å²) in [5, 5.41) is 0. The lowest BCUT2D eigenvalue weighted by molar-refractivity contribution is 0.569. The van der Waals surface area contributed by atoms with Crippen molar-refractivity contribution in [3.05, 3.63) is 65.7 Å². The largest absolute Gasteiger partial charge is 0.241 e. The Labute approximate surface area is 133 Å². The molecular weight excluding hydrogens is 385 g/mol. The van der Waals surface area contributed by atoms with Crippen molar-refractivity contribution in [1.29, 1.82) is 0 Å². The van der Waals surface area contributed by atoms with E-state index in [0.29, 0.717) is 9.32 Å². The van der Waals surface area contributed by atoms with Gasteiger partial charge >= 0.3 is 0 Å². The molecule has 5 heteroatoms. The summed E-state index contributed by atoms with van der Waals surface area (Å²) in [5.74, 6) is 0. The summed E-state index contributed by atoms with van der Waals surface area (Å²) in [5.41, 5.74) is 2.01. The summed E-state index contributed by atoms with van der Waals surface area (Å²) < 4.78 is 28.2. The minimum Gasteiger partial charge on any atom is -0.207 e. The van der Waals surface area contributed by atoms with Crippen LogP contribution in [0, 0.1) is 6.92 Å². The molecule has 0 spiro atoms. The van der Waals surface area contributed by atoms with Crippen LogP contribution in [0.15, 0.2) is 59.5 Å². The first kappa shape index (κ1) is 15.5. The predicted molar refractivity (Wildman–Crippen MR) is 89.6 cm³/mol. The van der Waals surface area contributed by atoms with Crippen LogP contribution >= 0.6 is 22.6 Å². The van der Waals surface area contributed by atoms with Gasteiger partial charge in [-0.3, -0.25) is 0 Å². The Hall–Kier alpha value is -0.920. The summed E-state index contributed by atoms with van der Waals surface area (Å²) in [7, 11) is -3.49.